The maximum atomic E-state index is 6.09. The molecule has 5 heteroatoms. The van der Waals surface area contributed by atoms with E-state index in [1.54, 1.807) is 0 Å². The fourth-order valence-electron chi connectivity index (χ4n) is 3.71. The minimum absolute atomic E-state index is 0. The molecule has 0 amide bonds. The van der Waals surface area contributed by atoms with E-state index in [-0.39, 0.29) is 24.8 Å². The van der Waals surface area contributed by atoms with Crippen LogP contribution in [0.3, 0.4) is 0 Å². The van der Waals surface area contributed by atoms with Crippen molar-refractivity contribution in [1.82, 2.24) is 9.80 Å². The lowest BCUT2D eigenvalue weighted by Gasteiger charge is -2.38. The first kappa shape index (κ1) is 21.6. The van der Waals surface area contributed by atoms with Crippen molar-refractivity contribution < 1.29 is 29.6 Å². The number of hydrogen-bond acceptors (Lipinski definition) is 3. The normalized spacial score (nSPS) is 20.5. The van der Waals surface area contributed by atoms with Crippen molar-refractivity contribution in [3.05, 3.63) is 30.3 Å². The SMILES string of the molecule is [Cl-].[Cl-].c1ccc(OCC(CN2CCCCC2)N2CCCCC2)cc1. The zero-order chi connectivity index (χ0) is 15.0. The van der Waals surface area contributed by atoms with Crippen molar-refractivity contribution in [3.8, 4) is 5.75 Å². The van der Waals surface area contributed by atoms with E-state index < -0.39 is 0 Å². The van der Waals surface area contributed by atoms with E-state index in [0.29, 0.717) is 6.04 Å². The van der Waals surface area contributed by atoms with Crippen LogP contribution in [0.15, 0.2) is 30.3 Å². The number of nitrogens with zero attached hydrogens (tertiary/aromatic N) is 2. The number of rotatable bonds is 6. The van der Waals surface area contributed by atoms with Crippen LogP contribution in [-0.4, -0.2) is 55.2 Å². The lowest BCUT2D eigenvalue weighted by atomic mass is 10.1. The van der Waals surface area contributed by atoms with Gasteiger partial charge in [0.15, 0.2) is 0 Å². The number of halogens is 2. The van der Waals surface area contributed by atoms with Crippen LogP contribution in [0, 0.1) is 0 Å². The van der Waals surface area contributed by atoms with Gasteiger partial charge in [0, 0.05) is 6.54 Å². The lowest BCUT2D eigenvalue weighted by molar-refractivity contribution is -0.001000. The second-order valence-corrected chi connectivity index (χ2v) is 6.74. The predicted octanol–water partition coefficient (Wildman–Crippen LogP) is -2.59. The van der Waals surface area contributed by atoms with Gasteiger partial charge in [0.25, 0.3) is 0 Å². The number of piperidine rings is 2. The van der Waals surface area contributed by atoms with Crippen molar-refractivity contribution in [2.75, 3.05) is 39.3 Å². The smallest absolute Gasteiger partial charge is 0.119 e. The van der Waals surface area contributed by atoms with Crippen LogP contribution in [0.2, 0.25) is 0 Å². The topological polar surface area (TPSA) is 15.7 Å². The number of benzene rings is 1. The Morgan fingerprint density at radius 3 is 2.00 bits per heavy atom. The van der Waals surface area contributed by atoms with Crippen LogP contribution in [0.1, 0.15) is 38.5 Å². The Morgan fingerprint density at radius 1 is 0.792 bits per heavy atom. The minimum atomic E-state index is 0. The number of likely N-dealkylation sites (tertiary alicyclic amines) is 2. The summed E-state index contributed by atoms with van der Waals surface area (Å²) in [6.45, 7) is 7.03. The highest BCUT2D eigenvalue weighted by Crippen LogP contribution is 2.17. The molecule has 1 atom stereocenters. The summed E-state index contributed by atoms with van der Waals surface area (Å²) in [5.74, 6) is 1.00. The molecule has 1 aromatic rings. The summed E-state index contributed by atoms with van der Waals surface area (Å²) in [7, 11) is 0. The van der Waals surface area contributed by atoms with Gasteiger partial charge in [-0.05, 0) is 64.0 Å². The molecule has 2 heterocycles. The fraction of sp³-hybridized carbons (Fsp3) is 0.684. The van der Waals surface area contributed by atoms with E-state index in [2.05, 4.69) is 34.1 Å². The molecular weight excluding hydrogens is 343 g/mol. The molecule has 0 bridgehead atoms. The molecule has 2 saturated heterocycles. The maximum absolute atomic E-state index is 6.09. The highest BCUT2D eigenvalue weighted by atomic mass is 35.5. The molecule has 1 aromatic carbocycles. The van der Waals surface area contributed by atoms with E-state index in [9.17, 15) is 0 Å². The Morgan fingerprint density at radius 2 is 1.38 bits per heavy atom. The number of para-hydroxylation sites is 1. The standard InChI is InChI=1S/C19H30N2O.2ClH/c1-4-10-19(11-5-1)22-17-18(21-14-8-3-9-15-21)16-20-12-6-2-7-13-20;;/h1,4-5,10-11,18H,2-3,6-9,12-17H2;2*1H/p-2. The average molecular weight is 373 g/mol. The predicted molar refractivity (Wildman–Crippen MR) is 91.4 cm³/mol. The van der Waals surface area contributed by atoms with E-state index in [1.165, 1.54) is 71.2 Å². The maximum Gasteiger partial charge on any atom is 0.119 e. The third-order valence-electron chi connectivity index (χ3n) is 5.01. The molecule has 24 heavy (non-hydrogen) atoms. The second-order valence-electron chi connectivity index (χ2n) is 6.74. The molecule has 138 valence electrons. The van der Waals surface area contributed by atoms with Crippen molar-refractivity contribution in [1.29, 1.82) is 0 Å². The first-order valence-corrected chi connectivity index (χ1v) is 9.06. The van der Waals surface area contributed by atoms with E-state index in [1.807, 2.05) is 6.07 Å². The average Bonchev–Trinajstić information content (AvgIpc) is 2.61. The highest BCUT2D eigenvalue weighted by Gasteiger charge is 2.24. The Hall–Kier alpha value is -0.480. The van der Waals surface area contributed by atoms with Gasteiger partial charge in [-0.2, -0.15) is 0 Å². The van der Waals surface area contributed by atoms with E-state index in [4.69, 9.17) is 4.74 Å². The van der Waals surface area contributed by atoms with Gasteiger partial charge in [-0.15, -0.1) is 0 Å². The lowest BCUT2D eigenvalue weighted by Crippen LogP contribution is -3.00. The van der Waals surface area contributed by atoms with Crippen molar-refractivity contribution >= 4 is 0 Å². The van der Waals surface area contributed by atoms with E-state index >= 15 is 0 Å². The molecule has 3 nitrogen and oxygen atoms in total. The van der Waals surface area contributed by atoms with Gasteiger partial charge in [0.1, 0.15) is 12.4 Å². The van der Waals surface area contributed by atoms with Crippen LogP contribution in [0.5, 0.6) is 5.75 Å². The molecule has 1 unspecified atom stereocenters. The molecule has 0 aliphatic carbocycles. The van der Waals surface area contributed by atoms with Gasteiger partial charge in [-0.3, -0.25) is 4.90 Å². The zero-order valence-electron chi connectivity index (χ0n) is 14.5. The number of ether oxygens (including phenoxy) is 1. The minimum Gasteiger partial charge on any atom is -1.00 e. The summed E-state index contributed by atoms with van der Waals surface area (Å²) in [5, 5.41) is 0. The molecule has 0 N–H and O–H groups in total. The molecule has 2 aliphatic rings. The first-order valence-electron chi connectivity index (χ1n) is 9.06. The Bertz CT molecular complexity index is 421. The molecular formula is C19H30Cl2N2O-2. The summed E-state index contributed by atoms with van der Waals surface area (Å²) < 4.78 is 6.09. The van der Waals surface area contributed by atoms with Crippen LogP contribution in [0.4, 0.5) is 0 Å². The monoisotopic (exact) mass is 372 g/mol. The summed E-state index contributed by atoms with van der Waals surface area (Å²) in [4.78, 5) is 5.32. The fourth-order valence-corrected chi connectivity index (χ4v) is 3.71. The third kappa shape index (κ3) is 6.79. The van der Waals surface area contributed by atoms with Crippen molar-refractivity contribution in [2.45, 2.75) is 44.6 Å². The summed E-state index contributed by atoms with van der Waals surface area (Å²) in [6.07, 6.45) is 8.24. The summed E-state index contributed by atoms with van der Waals surface area (Å²) in [6, 6.07) is 10.8. The van der Waals surface area contributed by atoms with Crippen molar-refractivity contribution in [2.24, 2.45) is 0 Å². The zero-order valence-corrected chi connectivity index (χ0v) is 16.0. The number of hydrogen-bond donors (Lipinski definition) is 0. The molecule has 2 aliphatic heterocycles. The molecule has 2 fully saturated rings. The summed E-state index contributed by atoms with van der Waals surface area (Å²) in [5.41, 5.74) is 0. The van der Waals surface area contributed by atoms with Gasteiger partial charge in [-0.25, -0.2) is 0 Å². The molecule has 0 aromatic heterocycles. The van der Waals surface area contributed by atoms with E-state index in [0.717, 1.165) is 12.4 Å². The molecule has 0 radical (unpaired) electrons. The summed E-state index contributed by atoms with van der Waals surface area (Å²) >= 11 is 0. The van der Waals surface area contributed by atoms with Crippen molar-refractivity contribution in [3.63, 3.8) is 0 Å². The van der Waals surface area contributed by atoms with Crippen LogP contribution < -0.4 is 29.6 Å². The Kier molecular flexibility index (Phi) is 10.8. The van der Waals surface area contributed by atoms with Gasteiger partial charge in [-0.1, -0.05) is 31.0 Å². The van der Waals surface area contributed by atoms with Crippen LogP contribution in [-0.2, 0) is 0 Å². The highest BCUT2D eigenvalue weighted by molar-refractivity contribution is 5.20. The van der Waals surface area contributed by atoms with Crippen LogP contribution >= 0.6 is 0 Å². The molecule has 0 spiro atoms. The third-order valence-corrected chi connectivity index (χ3v) is 5.01. The second kappa shape index (κ2) is 12.0. The quantitative estimate of drug-likeness (QED) is 0.545. The first-order chi connectivity index (χ1) is 10.9. The Balaban J connectivity index is 0.00000144. The van der Waals surface area contributed by atoms with Gasteiger partial charge in [0.2, 0.25) is 0 Å². The largest absolute Gasteiger partial charge is 1.00 e. The van der Waals surface area contributed by atoms with Gasteiger partial charge < -0.3 is 34.5 Å². The van der Waals surface area contributed by atoms with Gasteiger partial charge >= 0.3 is 0 Å². The molecule has 3 rings (SSSR count). The van der Waals surface area contributed by atoms with Crippen LogP contribution in [0.25, 0.3) is 0 Å². The Labute approximate surface area is 159 Å². The van der Waals surface area contributed by atoms with Gasteiger partial charge in [0.05, 0.1) is 6.04 Å². The molecule has 0 saturated carbocycles.